The number of nitrogens with two attached hydrogens (primary N) is 1. The lowest BCUT2D eigenvalue weighted by Crippen LogP contribution is -2.60. The highest BCUT2D eigenvalue weighted by Gasteiger charge is 2.34. The summed E-state index contributed by atoms with van der Waals surface area (Å²) < 4.78 is 5.53. The first-order valence-electron chi connectivity index (χ1n) is 14.5. The largest absolute Gasteiger partial charge is 0.452 e. The van der Waals surface area contributed by atoms with Crippen molar-refractivity contribution in [3.63, 3.8) is 0 Å². The first kappa shape index (κ1) is 33.2. The molecule has 1 fully saturated rings. The van der Waals surface area contributed by atoms with Crippen molar-refractivity contribution in [1.82, 2.24) is 15.8 Å². The second-order valence-corrected chi connectivity index (χ2v) is 11.5. The average molecular weight is 561 g/mol. The normalized spacial score (nSPS) is 18.6. The van der Waals surface area contributed by atoms with Gasteiger partial charge in [0.2, 0.25) is 5.91 Å². The predicted octanol–water partition coefficient (Wildman–Crippen LogP) is 2.57. The molecule has 1 aromatic carbocycles. The van der Waals surface area contributed by atoms with Gasteiger partial charge in [0.15, 0.2) is 6.10 Å². The van der Waals surface area contributed by atoms with E-state index in [4.69, 9.17) is 10.5 Å². The first-order chi connectivity index (χ1) is 18.8. The highest BCUT2D eigenvalue weighted by Crippen LogP contribution is 2.20. The quantitative estimate of drug-likeness (QED) is 0.202. The molecule has 1 saturated heterocycles. The summed E-state index contributed by atoms with van der Waals surface area (Å²) >= 11 is 0. The maximum atomic E-state index is 13.0. The fourth-order valence-electron chi connectivity index (χ4n) is 4.66. The summed E-state index contributed by atoms with van der Waals surface area (Å²) in [4.78, 5) is 50.1. The van der Waals surface area contributed by atoms with Gasteiger partial charge in [0.25, 0.3) is 11.8 Å². The number of hydrazine groups is 1. The minimum absolute atomic E-state index is 0.357. The number of hydrogen-bond donors (Lipinski definition) is 4. The molecule has 40 heavy (non-hydrogen) atoms. The number of carbonyl (C=O) groups is 4. The van der Waals surface area contributed by atoms with Crippen molar-refractivity contribution in [1.29, 1.82) is 0 Å². The molecule has 0 bridgehead atoms. The third-order valence-corrected chi connectivity index (χ3v) is 7.41. The zero-order chi connectivity index (χ0) is 30.0. The van der Waals surface area contributed by atoms with Crippen LogP contribution < -0.4 is 16.5 Å². The summed E-state index contributed by atoms with van der Waals surface area (Å²) in [7, 11) is 0. The van der Waals surface area contributed by atoms with E-state index in [1.807, 2.05) is 0 Å². The molecule has 0 saturated carbocycles. The molecule has 10 heteroatoms. The van der Waals surface area contributed by atoms with Crippen molar-refractivity contribution in [2.45, 2.75) is 110 Å². The summed E-state index contributed by atoms with van der Waals surface area (Å²) in [5, 5.41) is 14.5. The van der Waals surface area contributed by atoms with E-state index in [9.17, 15) is 24.3 Å². The number of nitrogens with zero attached hydrogens (tertiary/aromatic N) is 1. The molecule has 0 spiro atoms. The highest BCUT2D eigenvalue weighted by atomic mass is 16.5. The van der Waals surface area contributed by atoms with Gasteiger partial charge in [-0.15, -0.1) is 0 Å². The van der Waals surface area contributed by atoms with Crippen LogP contribution in [0.5, 0.6) is 0 Å². The summed E-state index contributed by atoms with van der Waals surface area (Å²) in [5.74, 6) is -2.92. The minimum Gasteiger partial charge on any atom is -0.452 e. The van der Waals surface area contributed by atoms with Crippen molar-refractivity contribution >= 4 is 23.7 Å². The lowest BCUT2D eigenvalue weighted by Gasteiger charge is -2.34. The molecule has 224 valence electrons. The molecule has 5 atom stereocenters. The zero-order valence-corrected chi connectivity index (χ0v) is 24.8. The number of esters is 1. The van der Waals surface area contributed by atoms with Crippen LogP contribution in [0, 0.1) is 11.8 Å². The van der Waals surface area contributed by atoms with Crippen LogP contribution >= 0.6 is 0 Å². The average Bonchev–Trinajstić information content (AvgIpc) is 2.92. The summed E-state index contributed by atoms with van der Waals surface area (Å²) in [6, 6.07) is 6.95. The van der Waals surface area contributed by atoms with E-state index in [1.54, 1.807) is 20.8 Å². The highest BCUT2D eigenvalue weighted by molar-refractivity contribution is 5.90. The van der Waals surface area contributed by atoms with E-state index in [1.165, 1.54) is 23.1 Å². The number of carbonyl (C=O) groups excluding carboxylic acids is 4. The van der Waals surface area contributed by atoms with Crippen LogP contribution in [0.25, 0.3) is 0 Å². The lowest BCUT2D eigenvalue weighted by molar-refractivity contribution is -0.165. The molecule has 10 nitrogen and oxygen atoms in total. The van der Waals surface area contributed by atoms with Crippen LogP contribution in [-0.4, -0.2) is 64.6 Å². The summed E-state index contributed by atoms with van der Waals surface area (Å²) in [6.45, 7) is 11.3. The third kappa shape index (κ3) is 9.89. The van der Waals surface area contributed by atoms with Crippen LogP contribution in [0.15, 0.2) is 24.3 Å². The fourth-order valence-corrected chi connectivity index (χ4v) is 4.66. The lowest BCUT2D eigenvalue weighted by atomic mass is 9.96. The van der Waals surface area contributed by atoms with E-state index in [0.29, 0.717) is 31.7 Å². The number of rotatable bonds is 14. The molecule has 1 aromatic rings. The maximum absolute atomic E-state index is 13.0. The zero-order valence-electron chi connectivity index (χ0n) is 24.8. The summed E-state index contributed by atoms with van der Waals surface area (Å²) in [6.07, 6.45) is 2.09. The van der Waals surface area contributed by atoms with E-state index in [-0.39, 0.29) is 5.92 Å². The second kappa shape index (κ2) is 15.7. The topological polar surface area (TPSA) is 151 Å². The van der Waals surface area contributed by atoms with E-state index in [2.05, 4.69) is 48.9 Å². The van der Waals surface area contributed by atoms with Crippen LogP contribution in [-0.2, 0) is 30.3 Å². The Kier molecular flexibility index (Phi) is 13.1. The Morgan fingerprint density at radius 2 is 1.82 bits per heavy atom. The number of amides is 3. The van der Waals surface area contributed by atoms with Gasteiger partial charge in [0.1, 0.15) is 12.1 Å². The fraction of sp³-hybridized carbons (Fsp3) is 0.667. The van der Waals surface area contributed by atoms with Gasteiger partial charge in [-0.1, -0.05) is 58.4 Å². The van der Waals surface area contributed by atoms with Gasteiger partial charge in [-0.3, -0.25) is 24.2 Å². The Bertz CT molecular complexity index is 1010. The standard InChI is InChI=1S/C30H48N4O6/c1-18(2)23-13-9-12-22(17-23)11-7-8-15-25(35)20(5)30(39)40-26(19(3)4)28(37)32-21(6)29(38)34-16-10-14-24(33-34)27(31)36/h9,12-13,17-21,24-26,33,35H,7-8,10-11,14-16H2,1-6H3,(H2,31,36)(H,32,37)/t20-,21+,24+,25-,26+/m1/s1. The van der Waals surface area contributed by atoms with Gasteiger partial charge >= 0.3 is 5.97 Å². The van der Waals surface area contributed by atoms with Crippen LogP contribution in [0.3, 0.4) is 0 Å². The molecule has 1 aliphatic rings. The number of nitrogens with one attached hydrogen (secondary N) is 2. The van der Waals surface area contributed by atoms with Crippen LogP contribution in [0.2, 0.25) is 0 Å². The first-order valence-corrected chi connectivity index (χ1v) is 14.5. The Hall–Kier alpha value is -2.98. The van der Waals surface area contributed by atoms with Crippen LogP contribution in [0.1, 0.15) is 90.7 Å². The Labute approximate surface area is 238 Å². The molecule has 0 aliphatic carbocycles. The number of aliphatic hydroxyl groups is 1. The molecule has 2 rings (SSSR count). The van der Waals surface area contributed by atoms with E-state index >= 15 is 0 Å². The van der Waals surface area contributed by atoms with Gasteiger partial charge in [-0.2, -0.15) is 0 Å². The van der Waals surface area contributed by atoms with Gasteiger partial charge in [-0.25, -0.2) is 5.43 Å². The monoisotopic (exact) mass is 560 g/mol. The number of unbranched alkanes of at least 4 members (excludes halogenated alkanes) is 1. The molecule has 0 unspecified atom stereocenters. The minimum atomic E-state index is -1.13. The number of ether oxygens (including phenoxy) is 1. The Morgan fingerprint density at radius 3 is 2.45 bits per heavy atom. The molecular formula is C30H48N4O6. The number of hydrogen-bond acceptors (Lipinski definition) is 7. The van der Waals surface area contributed by atoms with Crippen molar-refractivity contribution in [3.8, 4) is 0 Å². The third-order valence-electron chi connectivity index (χ3n) is 7.41. The molecule has 1 aliphatic heterocycles. The molecule has 5 N–H and O–H groups in total. The second-order valence-electron chi connectivity index (χ2n) is 11.5. The smallest absolute Gasteiger partial charge is 0.312 e. The number of primary amides is 1. The number of aliphatic hydroxyl groups excluding tert-OH is 1. The maximum Gasteiger partial charge on any atom is 0.312 e. The van der Waals surface area contributed by atoms with Gasteiger partial charge in [0, 0.05) is 6.54 Å². The van der Waals surface area contributed by atoms with Crippen molar-refractivity contribution in [2.24, 2.45) is 17.6 Å². The van der Waals surface area contributed by atoms with Crippen molar-refractivity contribution in [3.05, 3.63) is 35.4 Å². The number of benzene rings is 1. The van der Waals surface area contributed by atoms with Gasteiger partial charge in [-0.05, 0) is 68.9 Å². The van der Waals surface area contributed by atoms with E-state index < -0.39 is 53.9 Å². The van der Waals surface area contributed by atoms with Crippen LogP contribution in [0.4, 0.5) is 0 Å². The van der Waals surface area contributed by atoms with Gasteiger partial charge in [0.05, 0.1) is 12.0 Å². The number of aryl methyl sites for hydroxylation is 1. The Morgan fingerprint density at radius 1 is 1.12 bits per heavy atom. The molecule has 3 amide bonds. The van der Waals surface area contributed by atoms with Crippen molar-refractivity contribution in [2.75, 3.05) is 6.54 Å². The molecular weight excluding hydrogens is 512 g/mol. The SMILES string of the molecule is CC(C)c1cccc(CCCC[C@@H](O)[C@@H](C)C(=O)O[C@H](C(=O)N[C@@H](C)C(=O)N2CCC[C@@H](C(N)=O)N2)C(C)C)c1. The molecule has 0 aromatic heterocycles. The van der Waals surface area contributed by atoms with Gasteiger partial charge < -0.3 is 20.9 Å². The molecule has 1 heterocycles. The Balaban J connectivity index is 1.84. The van der Waals surface area contributed by atoms with Crippen molar-refractivity contribution < 1.29 is 29.0 Å². The molecule has 0 radical (unpaired) electrons. The summed E-state index contributed by atoms with van der Waals surface area (Å²) in [5.41, 5.74) is 10.7. The van der Waals surface area contributed by atoms with E-state index in [0.717, 1.165) is 19.3 Å². The predicted molar refractivity (Wildman–Crippen MR) is 153 cm³/mol.